The van der Waals surface area contributed by atoms with E-state index >= 15 is 0 Å². The minimum Gasteiger partial charge on any atom is -0.421 e. The maximum absolute atomic E-state index is 13.3. The first-order chi connectivity index (χ1) is 27.1. The molecule has 0 atom stereocenters. The minimum atomic E-state index is -4.88. The van der Waals surface area contributed by atoms with Gasteiger partial charge in [0, 0.05) is 54.5 Å². The topological polar surface area (TPSA) is 129 Å². The third-order valence-electron chi connectivity index (χ3n) is 8.61. The van der Waals surface area contributed by atoms with Crippen LogP contribution >= 0.6 is 0 Å². The van der Waals surface area contributed by atoms with Gasteiger partial charge in [-0.05, 0) is 61.6 Å². The summed E-state index contributed by atoms with van der Waals surface area (Å²) in [6.45, 7) is 0.216. The van der Waals surface area contributed by atoms with E-state index in [1.807, 2.05) is 31.1 Å². The van der Waals surface area contributed by atoms with Gasteiger partial charge in [-0.1, -0.05) is 48.5 Å². The highest BCUT2D eigenvalue weighted by molar-refractivity contribution is 6.04. The van der Waals surface area contributed by atoms with Crippen molar-refractivity contribution >= 4 is 23.1 Å². The molecule has 308 valence electrons. The Labute approximate surface area is 324 Å². The van der Waals surface area contributed by atoms with E-state index in [0.717, 1.165) is 42.0 Å². The summed E-state index contributed by atoms with van der Waals surface area (Å²) in [7, 11) is 3.73. The Morgan fingerprint density at radius 1 is 0.500 bits per heavy atom. The molecule has 0 bridgehead atoms. The smallest absolute Gasteiger partial charge is 0.421 e. The molecule has 0 radical (unpaired) electrons. The number of alkyl halides is 8. The fraction of sp³-hybridized carbons (Fsp3) is 0.300. The highest BCUT2D eigenvalue weighted by atomic mass is 19.3. The number of fused-ring (bicyclic) bond motifs is 2. The number of hydrogen-bond donors (Lipinski definition) is 1. The largest absolute Gasteiger partial charge is 0.507 e. The summed E-state index contributed by atoms with van der Waals surface area (Å²) < 4.78 is 122. The summed E-state index contributed by atoms with van der Waals surface area (Å²) in [5.74, 6) is -4.27. The maximum atomic E-state index is 13.3. The number of Topliss-reactive ketones (excluding diaryl/α,β-unsaturated/α-hetero) is 4. The molecule has 0 unspecified atom stereocenters. The van der Waals surface area contributed by atoms with E-state index in [4.69, 9.17) is 0 Å². The van der Waals surface area contributed by atoms with Crippen LogP contribution in [0.3, 0.4) is 0 Å². The monoisotopic (exact) mass is 823 g/mol. The van der Waals surface area contributed by atoms with E-state index < -0.39 is 59.0 Å². The van der Waals surface area contributed by atoms with Gasteiger partial charge in [-0.15, -0.1) is 0 Å². The van der Waals surface area contributed by atoms with Crippen molar-refractivity contribution in [3.63, 3.8) is 0 Å². The van der Waals surface area contributed by atoms with E-state index in [0.29, 0.717) is 17.7 Å². The van der Waals surface area contributed by atoms with Gasteiger partial charge in [-0.25, -0.2) is 0 Å². The molecule has 58 heavy (non-hydrogen) atoms. The molecule has 2 heterocycles. The first-order valence-electron chi connectivity index (χ1n) is 17.2. The Hall–Kier alpha value is -5.88. The molecule has 0 fully saturated rings. The number of carbonyl (C=O) groups is 4. The standard InChI is InChI=1S/C21H19F4NO4.C19H14F4O5/c1-26(2)12-14-5-3-4-6-15(14)17(28)9-8-16(27)13-7-10-18-19(11-13)30-21(24,25)20(22,23)29-18;20-18(21)19(22,23)28-17-9-11(5-8-16(17)27-18)14(25)6-7-15(26)13-4-2-1-3-12(13)10-24/h3-7,10-11H,8-9,12H2,1-2H3;1-5,8-9,24H,6-7,10H2. The Balaban J connectivity index is 0.000000221. The molecule has 2 aliphatic heterocycles. The van der Waals surface area contributed by atoms with Crippen molar-refractivity contribution in [3.8, 4) is 23.0 Å². The van der Waals surface area contributed by atoms with Crippen LogP contribution in [0.25, 0.3) is 0 Å². The average molecular weight is 824 g/mol. The lowest BCUT2D eigenvalue weighted by Gasteiger charge is -2.31. The summed E-state index contributed by atoms with van der Waals surface area (Å²) in [6, 6.07) is 19.4. The lowest BCUT2D eigenvalue weighted by Crippen LogP contribution is -2.52. The van der Waals surface area contributed by atoms with Gasteiger partial charge in [0.05, 0.1) is 6.61 Å². The lowest BCUT2D eigenvalue weighted by molar-refractivity contribution is -0.391. The number of ketones is 4. The van der Waals surface area contributed by atoms with Crippen molar-refractivity contribution in [1.29, 1.82) is 0 Å². The van der Waals surface area contributed by atoms with Crippen LogP contribution < -0.4 is 18.9 Å². The summed E-state index contributed by atoms with van der Waals surface area (Å²) in [4.78, 5) is 51.4. The first kappa shape index (κ1) is 43.2. The zero-order valence-corrected chi connectivity index (χ0v) is 30.5. The lowest BCUT2D eigenvalue weighted by atomic mass is 9.97. The Morgan fingerprint density at radius 2 is 0.845 bits per heavy atom. The van der Waals surface area contributed by atoms with Crippen LogP contribution in [0.15, 0.2) is 84.9 Å². The Morgan fingerprint density at radius 3 is 1.24 bits per heavy atom. The quantitative estimate of drug-likeness (QED) is 0.104. The molecular weight excluding hydrogens is 790 g/mol. The van der Waals surface area contributed by atoms with Crippen LogP contribution in [-0.4, -0.2) is 71.7 Å². The number of ether oxygens (including phenoxy) is 4. The van der Waals surface area contributed by atoms with Gasteiger partial charge in [0.15, 0.2) is 46.1 Å². The van der Waals surface area contributed by atoms with Gasteiger partial charge >= 0.3 is 24.4 Å². The Kier molecular flexibility index (Phi) is 12.6. The second-order valence-electron chi connectivity index (χ2n) is 13.2. The normalized spacial score (nSPS) is 16.4. The van der Waals surface area contributed by atoms with Crippen LogP contribution in [0.5, 0.6) is 23.0 Å². The average Bonchev–Trinajstić information content (AvgIpc) is 3.16. The van der Waals surface area contributed by atoms with Gasteiger partial charge in [-0.2, -0.15) is 35.1 Å². The van der Waals surface area contributed by atoms with E-state index in [9.17, 15) is 59.4 Å². The molecular formula is C40H33F8NO9. The number of benzene rings is 4. The van der Waals surface area contributed by atoms with Crippen LogP contribution in [0.2, 0.25) is 0 Å². The third-order valence-corrected chi connectivity index (χ3v) is 8.61. The SMILES string of the molecule is CN(C)Cc1ccccc1C(=O)CCC(=O)c1ccc2c(c1)OC(F)(F)C(F)(F)O2.O=C(CCC(=O)c1ccccc1CO)c1ccc2c(c1)OC(F)(F)C(F)(F)O2. The summed E-state index contributed by atoms with van der Waals surface area (Å²) in [5.41, 5.74) is 1.88. The molecule has 4 aromatic rings. The van der Waals surface area contributed by atoms with Crippen LogP contribution in [0.4, 0.5) is 35.1 Å². The maximum Gasteiger partial charge on any atom is 0.507 e. The predicted molar refractivity (Wildman–Crippen MR) is 187 cm³/mol. The molecule has 0 aromatic heterocycles. The second kappa shape index (κ2) is 16.9. The molecule has 6 rings (SSSR count). The Bertz CT molecular complexity index is 2210. The molecule has 1 N–H and O–H groups in total. The van der Waals surface area contributed by atoms with E-state index in [2.05, 4.69) is 18.9 Å². The number of nitrogens with zero attached hydrogens (tertiary/aromatic N) is 1. The fourth-order valence-corrected chi connectivity index (χ4v) is 5.69. The number of halogens is 8. The molecule has 18 heteroatoms. The van der Waals surface area contributed by atoms with Crippen molar-refractivity contribution in [2.45, 2.75) is 63.3 Å². The second-order valence-corrected chi connectivity index (χ2v) is 13.2. The van der Waals surface area contributed by atoms with Crippen molar-refractivity contribution < 1.29 is 78.4 Å². The van der Waals surface area contributed by atoms with Crippen LogP contribution in [0.1, 0.15) is 78.2 Å². The van der Waals surface area contributed by atoms with Crippen molar-refractivity contribution in [2.24, 2.45) is 0 Å². The number of aliphatic hydroxyl groups is 1. The van der Waals surface area contributed by atoms with E-state index in [1.165, 1.54) is 6.07 Å². The van der Waals surface area contributed by atoms with Crippen molar-refractivity contribution in [3.05, 3.63) is 118 Å². The van der Waals surface area contributed by atoms with Crippen molar-refractivity contribution in [2.75, 3.05) is 14.1 Å². The molecule has 10 nitrogen and oxygen atoms in total. The molecule has 2 aliphatic rings. The zero-order chi connectivity index (χ0) is 42.6. The van der Waals surface area contributed by atoms with Gasteiger partial charge in [0.25, 0.3) is 0 Å². The zero-order valence-electron chi connectivity index (χ0n) is 30.5. The molecule has 4 aromatic carbocycles. The number of carbonyl (C=O) groups excluding carboxylic acids is 4. The van der Waals surface area contributed by atoms with Crippen LogP contribution in [0, 0.1) is 0 Å². The van der Waals surface area contributed by atoms with E-state index in [1.54, 1.807) is 30.3 Å². The van der Waals surface area contributed by atoms with Gasteiger partial charge < -0.3 is 29.0 Å². The van der Waals surface area contributed by atoms with Gasteiger partial charge in [0.1, 0.15) is 0 Å². The molecule has 0 aliphatic carbocycles. The minimum absolute atomic E-state index is 0.0484. The summed E-state index contributed by atoms with van der Waals surface area (Å²) >= 11 is 0. The predicted octanol–water partition coefficient (Wildman–Crippen LogP) is 8.53. The van der Waals surface area contributed by atoms with E-state index in [-0.39, 0.29) is 60.5 Å². The molecule has 0 amide bonds. The van der Waals surface area contributed by atoms with Gasteiger partial charge in [0.2, 0.25) is 0 Å². The van der Waals surface area contributed by atoms with Gasteiger partial charge in [-0.3, -0.25) is 19.2 Å². The van der Waals surface area contributed by atoms with Crippen LogP contribution in [-0.2, 0) is 13.2 Å². The summed E-state index contributed by atoms with van der Waals surface area (Å²) in [5, 5.41) is 9.25. The first-order valence-corrected chi connectivity index (χ1v) is 17.2. The fourth-order valence-electron chi connectivity index (χ4n) is 5.69. The number of aliphatic hydroxyl groups excluding tert-OH is 1. The summed E-state index contributed by atoms with van der Waals surface area (Å²) in [6.07, 6.45) is -20.1. The number of rotatable bonds is 13. The highest BCUT2D eigenvalue weighted by Gasteiger charge is 2.66. The third kappa shape index (κ3) is 9.62. The molecule has 0 spiro atoms. The highest BCUT2D eigenvalue weighted by Crippen LogP contribution is 2.48. The molecule has 0 saturated carbocycles. The molecule has 0 saturated heterocycles. The number of hydrogen-bond acceptors (Lipinski definition) is 10. The van der Waals surface area contributed by atoms with Crippen molar-refractivity contribution in [1.82, 2.24) is 4.90 Å².